The molecule has 0 bridgehead atoms. The quantitative estimate of drug-likeness (QED) is 0.885. The summed E-state index contributed by atoms with van der Waals surface area (Å²) in [6, 6.07) is 3.42. The Balaban J connectivity index is 1.81. The molecule has 1 aliphatic heterocycles. The maximum absolute atomic E-state index is 14.3. The van der Waals surface area contributed by atoms with Crippen molar-refractivity contribution in [3.8, 4) is 0 Å². The van der Waals surface area contributed by atoms with Gasteiger partial charge in [-0.15, -0.1) is 0 Å². The zero-order valence-electron chi connectivity index (χ0n) is 12.9. The molecule has 1 aromatic rings. The van der Waals surface area contributed by atoms with Gasteiger partial charge in [0, 0.05) is 23.9 Å². The Morgan fingerprint density at radius 2 is 2.00 bits per heavy atom. The van der Waals surface area contributed by atoms with E-state index in [9.17, 15) is 18.7 Å². The number of hydrogen-bond donors (Lipinski definition) is 2. The fourth-order valence-corrected chi connectivity index (χ4v) is 4.92. The molecule has 0 spiro atoms. The zero-order chi connectivity index (χ0) is 16.5. The third-order valence-corrected chi connectivity index (χ3v) is 6.23. The Hall–Kier alpha value is -1.14. The highest BCUT2D eigenvalue weighted by molar-refractivity contribution is 7.99. The minimum atomic E-state index is -0.945. The van der Waals surface area contributed by atoms with Crippen LogP contribution in [0.4, 0.5) is 8.78 Å². The van der Waals surface area contributed by atoms with E-state index in [1.807, 2.05) is 0 Å². The molecule has 23 heavy (non-hydrogen) atoms. The number of carbonyl (C=O) groups excluding carboxylic acids is 1. The number of rotatable bonds is 4. The summed E-state index contributed by atoms with van der Waals surface area (Å²) in [6.07, 6.45) is 3.42. The third-order valence-electron chi connectivity index (χ3n) is 5.00. The van der Waals surface area contributed by atoms with Crippen molar-refractivity contribution in [1.82, 2.24) is 5.32 Å². The van der Waals surface area contributed by atoms with Crippen LogP contribution in [0.15, 0.2) is 18.2 Å². The fraction of sp³-hybridized carbons (Fsp3) is 0.588. The van der Waals surface area contributed by atoms with Crippen molar-refractivity contribution in [2.45, 2.75) is 43.1 Å². The van der Waals surface area contributed by atoms with Gasteiger partial charge in [0.2, 0.25) is 5.91 Å². The molecule has 1 saturated carbocycles. The zero-order valence-corrected chi connectivity index (χ0v) is 13.7. The van der Waals surface area contributed by atoms with E-state index >= 15 is 0 Å². The monoisotopic (exact) mass is 341 g/mol. The molecule has 2 aliphatic rings. The average Bonchev–Trinajstić information content (AvgIpc) is 3.15. The molecule has 6 heteroatoms. The first-order valence-electron chi connectivity index (χ1n) is 7.99. The molecule has 0 aromatic heterocycles. The standard InChI is InChI=1S/C17H21F2NO2S/c18-12-3-4-13(14(19)9-12)17(5-1-2-6-17)15(21)20-10-16(22)7-8-23-11-16/h3-4,9,22H,1-2,5-8,10-11H2,(H,20,21)/t16-/m0/s1. The summed E-state index contributed by atoms with van der Waals surface area (Å²) in [4.78, 5) is 12.8. The minimum absolute atomic E-state index is 0.184. The summed E-state index contributed by atoms with van der Waals surface area (Å²) >= 11 is 1.66. The first-order valence-corrected chi connectivity index (χ1v) is 9.15. The van der Waals surface area contributed by atoms with Crippen molar-refractivity contribution >= 4 is 17.7 Å². The number of benzene rings is 1. The normalized spacial score (nSPS) is 26.4. The number of hydrogen-bond acceptors (Lipinski definition) is 3. The summed E-state index contributed by atoms with van der Waals surface area (Å²) in [7, 11) is 0. The van der Waals surface area contributed by atoms with E-state index in [4.69, 9.17) is 0 Å². The summed E-state index contributed by atoms with van der Waals surface area (Å²) in [5.41, 5.74) is -1.55. The summed E-state index contributed by atoms with van der Waals surface area (Å²) < 4.78 is 27.4. The molecule has 2 N–H and O–H groups in total. The minimum Gasteiger partial charge on any atom is -0.387 e. The van der Waals surface area contributed by atoms with E-state index < -0.39 is 22.7 Å². The van der Waals surface area contributed by atoms with E-state index in [-0.39, 0.29) is 18.0 Å². The van der Waals surface area contributed by atoms with Crippen LogP contribution in [0.25, 0.3) is 0 Å². The number of nitrogens with one attached hydrogen (secondary N) is 1. The van der Waals surface area contributed by atoms with Crippen LogP contribution in [0.3, 0.4) is 0 Å². The lowest BCUT2D eigenvalue weighted by Crippen LogP contribution is -2.49. The Kier molecular flexibility index (Phi) is 4.65. The van der Waals surface area contributed by atoms with Gasteiger partial charge in [-0.25, -0.2) is 8.78 Å². The van der Waals surface area contributed by atoms with Crippen molar-refractivity contribution in [1.29, 1.82) is 0 Å². The Morgan fingerprint density at radius 1 is 1.26 bits per heavy atom. The Morgan fingerprint density at radius 3 is 2.61 bits per heavy atom. The second-order valence-corrected chi connectivity index (χ2v) is 7.73. The summed E-state index contributed by atoms with van der Waals surface area (Å²) in [5, 5.41) is 13.2. The van der Waals surface area contributed by atoms with Crippen molar-refractivity contribution in [3.63, 3.8) is 0 Å². The molecule has 3 rings (SSSR count). The lowest BCUT2D eigenvalue weighted by molar-refractivity contribution is -0.127. The third kappa shape index (κ3) is 3.24. The first kappa shape index (κ1) is 16.7. The van der Waals surface area contributed by atoms with E-state index in [1.54, 1.807) is 11.8 Å². The van der Waals surface area contributed by atoms with Crippen molar-refractivity contribution in [2.24, 2.45) is 0 Å². The molecule has 1 aliphatic carbocycles. The molecular weight excluding hydrogens is 320 g/mol. The molecule has 1 atom stereocenters. The molecule has 0 unspecified atom stereocenters. The molecule has 2 fully saturated rings. The highest BCUT2D eigenvalue weighted by Gasteiger charge is 2.45. The molecular formula is C17H21F2NO2S. The SMILES string of the molecule is O=C(NC[C@@]1(O)CCSC1)C1(c2ccc(F)cc2F)CCCC1. The number of amides is 1. The maximum Gasteiger partial charge on any atom is 0.230 e. The summed E-state index contributed by atoms with van der Waals surface area (Å²) in [6.45, 7) is 0.184. The predicted molar refractivity (Wildman–Crippen MR) is 86.4 cm³/mol. The van der Waals surface area contributed by atoms with Gasteiger partial charge in [0.1, 0.15) is 11.6 Å². The predicted octanol–water partition coefficient (Wildman–Crippen LogP) is 2.76. The van der Waals surface area contributed by atoms with Crippen LogP contribution in [-0.4, -0.2) is 34.7 Å². The largest absolute Gasteiger partial charge is 0.387 e. The van der Waals surface area contributed by atoms with E-state index in [0.29, 0.717) is 25.0 Å². The molecule has 1 aromatic carbocycles. The lowest BCUT2D eigenvalue weighted by Gasteiger charge is -2.31. The van der Waals surface area contributed by atoms with E-state index in [0.717, 1.165) is 24.7 Å². The van der Waals surface area contributed by atoms with Crippen LogP contribution in [0.5, 0.6) is 0 Å². The molecule has 3 nitrogen and oxygen atoms in total. The van der Waals surface area contributed by atoms with Gasteiger partial charge in [0.05, 0.1) is 11.0 Å². The van der Waals surface area contributed by atoms with E-state index in [2.05, 4.69) is 5.32 Å². The molecule has 1 heterocycles. The van der Waals surface area contributed by atoms with Crippen LogP contribution in [0.1, 0.15) is 37.7 Å². The Bertz CT molecular complexity index is 596. The number of aliphatic hydroxyl groups is 1. The number of halogens is 2. The number of carbonyl (C=O) groups is 1. The highest BCUT2D eigenvalue weighted by atomic mass is 32.2. The topological polar surface area (TPSA) is 49.3 Å². The van der Waals surface area contributed by atoms with E-state index in [1.165, 1.54) is 12.1 Å². The highest BCUT2D eigenvalue weighted by Crippen LogP contribution is 2.42. The van der Waals surface area contributed by atoms with Gasteiger partial charge >= 0.3 is 0 Å². The van der Waals surface area contributed by atoms with Gasteiger partial charge in [0.15, 0.2) is 0 Å². The van der Waals surface area contributed by atoms with Crippen molar-refractivity contribution in [2.75, 3.05) is 18.1 Å². The molecule has 126 valence electrons. The maximum atomic E-state index is 14.3. The van der Waals surface area contributed by atoms with Gasteiger partial charge in [-0.3, -0.25) is 4.79 Å². The Labute approximate surface area is 138 Å². The number of thioether (sulfide) groups is 1. The van der Waals surface area contributed by atoms with Gasteiger partial charge in [0.25, 0.3) is 0 Å². The smallest absolute Gasteiger partial charge is 0.230 e. The van der Waals surface area contributed by atoms with Crippen molar-refractivity contribution in [3.05, 3.63) is 35.4 Å². The van der Waals surface area contributed by atoms with Crippen molar-refractivity contribution < 1.29 is 18.7 Å². The van der Waals surface area contributed by atoms with Gasteiger partial charge < -0.3 is 10.4 Å². The van der Waals surface area contributed by atoms with Crippen LogP contribution < -0.4 is 5.32 Å². The van der Waals surface area contributed by atoms with Crippen LogP contribution in [0, 0.1) is 11.6 Å². The van der Waals surface area contributed by atoms with Crippen LogP contribution in [0.2, 0.25) is 0 Å². The molecule has 1 amide bonds. The fourth-order valence-electron chi connectivity index (χ4n) is 3.62. The lowest BCUT2D eigenvalue weighted by atomic mass is 9.77. The molecule has 1 saturated heterocycles. The second kappa shape index (κ2) is 6.40. The summed E-state index contributed by atoms with van der Waals surface area (Å²) in [5.74, 6) is -0.0879. The molecule has 0 radical (unpaired) electrons. The van der Waals surface area contributed by atoms with Crippen LogP contribution >= 0.6 is 11.8 Å². The average molecular weight is 341 g/mol. The first-order chi connectivity index (χ1) is 11.0. The second-order valence-electron chi connectivity index (χ2n) is 6.62. The van der Waals surface area contributed by atoms with Gasteiger partial charge in [-0.05, 0) is 31.1 Å². The van der Waals surface area contributed by atoms with Gasteiger partial charge in [-0.2, -0.15) is 11.8 Å². The van der Waals surface area contributed by atoms with Crippen LogP contribution in [-0.2, 0) is 10.2 Å². The van der Waals surface area contributed by atoms with Gasteiger partial charge in [-0.1, -0.05) is 18.9 Å².